The van der Waals surface area contributed by atoms with Crippen molar-refractivity contribution in [2.75, 3.05) is 0 Å². The Hall–Kier alpha value is -0.300. The van der Waals surface area contributed by atoms with Crippen LogP contribution in [0.2, 0.25) is 0 Å². The van der Waals surface area contributed by atoms with Crippen molar-refractivity contribution in [1.82, 2.24) is 0 Å². The molecule has 0 spiro atoms. The molecule has 1 fully saturated rings. The largest absolute Gasteiger partial charge is 0.322 e. The Balaban J connectivity index is 2.22. The first-order chi connectivity index (χ1) is 5.50. The minimum Gasteiger partial charge on any atom is -0.322 e. The second-order valence-corrected chi connectivity index (χ2v) is 5.08. The Morgan fingerprint density at radius 3 is 2.50 bits per heavy atom. The maximum Gasteiger partial charge on any atom is 0.0314 e. The zero-order chi connectivity index (χ0) is 8.93. The molecule has 3 aliphatic carbocycles. The smallest absolute Gasteiger partial charge is 0.0314 e. The SMILES string of the molecule is C[C@H]1C2CC=C(C(C)(C)N)C1C2. The van der Waals surface area contributed by atoms with E-state index in [9.17, 15) is 0 Å². The van der Waals surface area contributed by atoms with E-state index >= 15 is 0 Å². The number of rotatable bonds is 1. The quantitative estimate of drug-likeness (QED) is 0.593. The van der Waals surface area contributed by atoms with E-state index in [0.717, 1.165) is 17.8 Å². The molecule has 0 amide bonds. The predicted molar refractivity (Wildman–Crippen MR) is 51.7 cm³/mol. The number of hydrogen-bond acceptors (Lipinski definition) is 1. The molecule has 0 aromatic rings. The van der Waals surface area contributed by atoms with Crippen LogP contribution in [0, 0.1) is 17.8 Å². The minimum atomic E-state index is -0.0791. The van der Waals surface area contributed by atoms with Crippen LogP contribution in [-0.4, -0.2) is 5.54 Å². The van der Waals surface area contributed by atoms with Gasteiger partial charge in [-0.1, -0.05) is 18.6 Å². The van der Waals surface area contributed by atoms with Crippen molar-refractivity contribution in [2.45, 2.75) is 39.2 Å². The van der Waals surface area contributed by atoms with Crippen LogP contribution in [0.15, 0.2) is 11.6 Å². The first kappa shape index (κ1) is 8.31. The van der Waals surface area contributed by atoms with Crippen molar-refractivity contribution >= 4 is 0 Å². The first-order valence-corrected chi connectivity index (χ1v) is 4.99. The zero-order valence-corrected chi connectivity index (χ0v) is 8.30. The van der Waals surface area contributed by atoms with Crippen LogP contribution >= 0.6 is 0 Å². The highest BCUT2D eigenvalue weighted by Crippen LogP contribution is 2.52. The molecule has 2 N–H and O–H groups in total. The summed E-state index contributed by atoms with van der Waals surface area (Å²) >= 11 is 0. The van der Waals surface area contributed by atoms with Crippen LogP contribution < -0.4 is 5.73 Å². The van der Waals surface area contributed by atoms with Crippen molar-refractivity contribution in [3.63, 3.8) is 0 Å². The van der Waals surface area contributed by atoms with E-state index in [4.69, 9.17) is 5.73 Å². The second kappa shape index (κ2) is 2.35. The van der Waals surface area contributed by atoms with Gasteiger partial charge in [-0.15, -0.1) is 0 Å². The maximum atomic E-state index is 6.12. The molecule has 0 radical (unpaired) electrons. The van der Waals surface area contributed by atoms with E-state index in [2.05, 4.69) is 26.8 Å². The highest BCUT2D eigenvalue weighted by atomic mass is 14.7. The Labute approximate surface area is 75.0 Å². The summed E-state index contributed by atoms with van der Waals surface area (Å²) in [6.45, 7) is 6.63. The molecule has 3 atom stereocenters. The third-order valence-electron chi connectivity index (χ3n) is 3.72. The van der Waals surface area contributed by atoms with Gasteiger partial charge in [0.1, 0.15) is 0 Å². The van der Waals surface area contributed by atoms with Crippen LogP contribution in [0.1, 0.15) is 33.6 Å². The Kier molecular flexibility index (Phi) is 1.63. The maximum absolute atomic E-state index is 6.12. The van der Waals surface area contributed by atoms with Crippen molar-refractivity contribution in [1.29, 1.82) is 0 Å². The zero-order valence-electron chi connectivity index (χ0n) is 8.30. The van der Waals surface area contributed by atoms with Gasteiger partial charge in [0.25, 0.3) is 0 Å². The van der Waals surface area contributed by atoms with E-state index < -0.39 is 0 Å². The molecule has 0 aliphatic heterocycles. The summed E-state index contributed by atoms with van der Waals surface area (Å²) in [5.41, 5.74) is 7.55. The van der Waals surface area contributed by atoms with Crippen LogP contribution in [0.5, 0.6) is 0 Å². The fourth-order valence-corrected chi connectivity index (χ4v) is 2.78. The van der Waals surface area contributed by atoms with Gasteiger partial charge in [0.05, 0.1) is 0 Å². The monoisotopic (exact) mass is 165 g/mol. The molecule has 12 heavy (non-hydrogen) atoms. The van der Waals surface area contributed by atoms with Gasteiger partial charge in [0.2, 0.25) is 0 Å². The summed E-state index contributed by atoms with van der Waals surface area (Å²) in [5.74, 6) is 2.68. The minimum absolute atomic E-state index is 0.0791. The van der Waals surface area contributed by atoms with Gasteiger partial charge in [0, 0.05) is 5.54 Å². The molecule has 2 unspecified atom stereocenters. The Bertz CT molecular complexity index is 222. The summed E-state index contributed by atoms with van der Waals surface area (Å²) in [4.78, 5) is 0. The van der Waals surface area contributed by atoms with E-state index in [1.807, 2.05) is 0 Å². The first-order valence-electron chi connectivity index (χ1n) is 4.99. The average Bonchev–Trinajstić information content (AvgIpc) is 2.02. The standard InChI is InChI=1S/C11H19N/c1-7-8-4-5-10(9(7)6-8)11(2,3)12/h5,7-9H,4,6,12H2,1-3H3/t7-,8?,9?/m0/s1. The molecule has 0 heterocycles. The lowest BCUT2D eigenvalue weighted by atomic mass is 9.55. The molecular formula is C11H19N. The number of nitrogens with two attached hydrogens (primary N) is 1. The fraction of sp³-hybridized carbons (Fsp3) is 0.818. The number of hydrogen-bond donors (Lipinski definition) is 1. The lowest BCUT2D eigenvalue weighted by Gasteiger charge is -2.51. The summed E-state index contributed by atoms with van der Waals surface area (Å²) in [6, 6.07) is 0. The lowest BCUT2D eigenvalue weighted by Crippen LogP contribution is -2.48. The molecule has 3 rings (SSSR count). The van der Waals surface area contributed by atoms with Gasteiger partial charge in [-0.3, -0.25) is 0 Å². The Morgan fingerprint density at radius 1 is 1.50 bits per heavy atom. The normalized spacial score (nSPS) is 40.3. The third kappa shape index (κ3) is 1.03. The van der Waals surface area contributed by atoms with Crippen LogP contribution in [0.4, 0.5) is 0 Å². The van der Waals surface area contributed by atoms with Crippen LogP contribution in [0.3, 0.4) is 0 Å². The molecule has 3 aliphatic rings. The predicted octanol–water partition coefficient (Wildman–Crippen LogP) is 2.33. The number of fused-ring (bicyclic) bond motifs is 1. The highest BCUT2D eigenvalue weighted by molar-refractivity contribution is 5.27. The van der Waals surface area contributed by atoms with Crippen LogP contribution in [0.25, 0.3) is 0 Å². The van der Waals surface area contributed by atoms with E-state index in [-0.39, 0.29) is 5.54 Å². The van der Waals surface area contributed by atoms with Gasteiger partial charge < -0.3 is 5.73 Å². The molecule has 1 saturated carbocycles. The summed E-state index contributed by atoms with van der Waals surface area (Å²) < 4.78 is 0. The fourth-order valence-electron chi connectivity index (χ4n) is 2.78. The molecule has 1 nitrogen and oxygen atoms in total. The molecule has 0 aromatic heterocycles. The van der Waals surface area contributed by atoms with Gasteiger partial charge >= 0.3 is 0 Å². The van der Waals surface area contributed by atoms with Gasteiger partial charge in [0.15, 0.2) is 0 Å². The molecule has 1 heteroatoms. The van der Waals surface area contributed by atoms with Gasteiger partial charge in [-0.05, 0) is 44.4 Å². The molecule has 2 bridgehead atoms. The molecule has 0 saturated heterocycles. The van der Waals surface area contributed by atoms with Gasteiger partial charge in [-0.2, -0.15) is 0 Å². The second-order valence-electron chi connectivity index (χ2n) is 5.08. The van der Waals surface area contributed by atoms with Gasteiger partial charge in [-0.25, -0.2) is 0 Å². The van der Waals surface area contributed by atoms with Crippen molar-refractivity contribution < 1.29 is 0 Å². The van der Waals surface area contributed by atoms with E-state index in [1.54, 1.807) is 0 Å². The summed E-state index contributed by atoms with van der Waals surface area (Å²) in [5, 5.41) is 0. The molecule has 68 valence electrons. The van der Waals surface area contributed by atoms with Crippen LogP contribution in [-0.2, 0) is 0 Å². The third-order valence-corrected chi connectivity index (χ3v) is 3.72. The molecular weight excluding hydrogens is 146 g/mol. The highest BCUT2D eigenvalue weighted by Gasteiger charge is 2.44. The van der Waals surface area contributed by atoms with Crippen molar-refractivity contribution in [3.05, 3.63) is 11.6 Å². The summed E-state index contributed by atoms with van der Waals surface area (Å²) in [7, 11) is 0. The topological polar surface area (TPSA) is 26.0 Å². The summed E-state index contributed by atoms with van der Waals surface area (Å²) in [6.07, 6.45) is 5.06. The Morgan fingerprint density at radius 2 is 2.17 bits per heavy atom. The van der Waals surface area contributed by atoms with Crippen molar-refractivity contribution in [3.8, 4) is 0 Å². The van der Waals surface area contributed by atoms with Crippen molar-refractivity contribution in [2.24, 2.45) is 23.5 Å². The van der Waals surface area contributed by atoms with E-state index in [1.165, 1.54) is 18.4 Å². The van der Waals surface area contributed by atoms with E-state index in [0.29, 0.717) is 0 Å². The number of allylic oxidation sites excluding steroid dienone is 1. The lowest BCUT2D eigenvalue weighted by molar-refractivity contribution is 0.0920. The molecule has 0 aromatic carbocycles. The average molecular weight is 165 g/mol.